The number of nitrogens with one attached hydrogen (secondary N) is 4. The molecule has 4 rings (SSSR count). The third kappa shape index (κ3) is 10.2. The van der Waals surface area contributed by atoms with Gasteiger partial charge >= 0.3 is 0 Å². The largest absolute Gasteiger partial charge is 0.507 e. The molecular formula is C36H45N5O8. The first-order valence-electron chi connectivity index (χ1n) is 16.5. The quantitative estimate of drug-likeness (QED) is 0.106. The van der Waals surface area contributed by atoms with Gasteiger partial charge < -0.3 is 41.1 Å². The third-order valence-corrected chi connectivity index (χ3v) is 8.58. The van der Waals surface area contributed by atoms with E-state index in [1.165, 1.54) is 31.3 Å². The number of hydrogen-bond donors (Lipinski definition) is 6. The third-order valence-electron chi connectivity index (χ3n) is 8.58. The number of phenolic OH excluding ortho intramolecular Hbond substituents is 2. The number of rotatable bonds is 13. The number of likely N-dealkylation sites (N-methyl/N-ethyl adjacent to an activating group) is 1. The summed E-state index contributed by atoms with van der Waals surface area (Å²) >= 11 is 0. The van der Waals surface area contributed by atoms with Crippen molar-refractivity contribution in [3.8, 4) is 22.6 Å². The lowest BCUT2D eigenvalue weighted by Crippen LogP contribution is -2.52. The van der Waals surface area contributed by atoms with Crippen LogP contribution < -0.4 is 21.3 Å². The monoisotopic (exact) mass is 675 g/mol. The van der Waals surface area contributed by atoms with Crippen LogP contribution >= 0.6 is 0 Å². The Morgan fingerprint density at radius 1 is 1.00 bits per heavy atom. The molecule has 2 heterocycles. The molecule has 4 bridgehead atoms. The minimum absolute atomic E-state index is 0.0244. The molecule has 2 aromatic rings. The van der Waals surface area contributed by atoms with E-state index < -0.39 is 42.3 Å². The Bertz CT molecular complexity index is 1610. The second kappa shape index (κ2) is 17.3. The number of epoxide rings is 1. The van der Waals surface area contributed by atoms with Crippen LogP contribution in [0.25, 0.3) is 11.1 Å². The van der Waals surface area contributed by atoms with Crippen molar-refractivity contribution in [2.75, 3.05) is 33.3 Å². The zero-order chi connectivity index (χ0) is 35.5. The molecule has 0 aromatic heterocycles. The highest BCUT2D eigenvalue weighted by atomic mass is 16.6. The van der Waals surface area contributed by atoms with Gasteiger partial charge in [-0.15, -0.1) is 5.73 Å². The Morgan fingerprint density at radius 2 is 1.69 bits per heavy atom. The standard InChI is InChI=1S/C36H45N5O8/c1-4-6-7-8-9-10-31(44)37-20-33(46)41(3)34-24-12-14-29(43)26(17-24)25-15-22(11-13-28(25)42)16-27(40-32(45)19-39-36(34)48)35(47)38-18-23(5-2)30-21-49-30/h11-15,17,27,30,34,42-43H,2,4,6-10,16,18-21H2,1,3H3,(H,37,44)(H,38,47)(H,39,48)(H,40,45). The van der Waals surface area contributed by atoms with Crippen LogP contribution in [-0.2, 0) is 35.1 Å². The normalized spacial score (nSPS) is 18.5. The summed E-state index contributed by atoms with van der Waals surface area (Å²) in [5.41, 5.74) is 4.67. The van der Waals surface area contributed by atoms with Crippen LogP contribution in [-0.4, -0.2) is 90.1 Å². The van der Waals surface area contributed by atoms with Crippen molar-refractivity contribution in [3.05, 3.63) is 65.4 Å². The van der Waals surface area contributed by atoms with E-state index in [0.29, 0.717) is 24.2 Å². The highest BCUT2D eigenvalue weighted by molar-refractivity contribution is 5.94. The molecule has 49 heavy (non-hydrogen) atoms. The lowest BCUT2D eigenvalue weighted by molar-refractivity contribution is -0.140. The fourth-order valence-corrected chi connectivity index (χ4v) is 5.64. The molecule has 1 fully saturated rings. The number of unbranched alkanes of at least 4 members (excludes halogenated alkanes) is 4. The summed E-state index contributed by atoms with van der Waals surface area (Å²) in [6, 6.07) is 6.53. The highest BCUT2D eigenvalue weighted by Crippen LogP contribution is 2.38. The molecule has 13 nitrogen and oxygen atoms in total. The molecule has 3 unspecified atom stereocenters. The number of carbonyl (C=O) groups excluding carboxylic acids is 5. The number of ether oxygens (including phenoxy) is 1. The lowest BCUT2D eigenvalue weighted by Gasteiger charge is -2.29. The average molecular weight is 676 g/mol. The van der Waals surface area contributed by atoms with E-state index >= 15 is 0 Å². The Balaban J connectivity index is 1.59. The van der Waals surface area contributed by atoms with Crippen LogP contribution in [0.5, 0.6) is 11.5 Å². The average Bonchev–Trinajstić information content (AvgIpc) is 3.93. The molecule has 6 N–H and O–H groups in total. The van der Waals surface area contributed by atoms with Gasteiger partial charge in [0.25, 0.3) is 0 Å². The SMILES string of the molecule is C=C=C(CNC(=O)C1Cc2ccc(O)c(c2)-c2cc(ccc2O)C(N(C)C(=O)CNC(=O)CCCCCCC)C(=O)NCC(=O)N1)C1CO1. The first-order valence-corrected chi connectivity index (χ1v) is 16.5. The number of benzene rings is 2. The molecule has 2 aliphatic heterocycles. The fraction of sp³-hybridized carbons (Fsp3) is 0.444. The van der Waals surface area contributed by atoms with Crippen LogP contribution in [0.15, 0.2) is 54.3 Å². The van der Waals surface area contributed by atoms with Gasteiger partial charge in [0.05, 0.1) is 19.7 Å². The highest BCUT2D eigenvalue weighted by Gasteiger charge is 2.32. The van der Waals surface area contributed by atoms with Crippen molar-refractivity contribution in [2.24, 2.45) is 0 Å². The Hall–Kier alpha value is -5.13. The van der Waals surface area contributed by atoms with Gasteiger partial charge in [0.2, 0.25) is 29.5 Å². The summed E-state index contributed by atoms with van der Waals surface area (Å²) in [5, 5.41) is 32.3. The summed E-state index contributed by atoms with van der Waals surface area (Å²) in [6.45, 7) is 5.50. The first kappa shape index (κ1) is 36.7. The molecule has 13 heteroatoms. The molecule has 0 spiro atoms. The molecule has 0 saturated carbocycles. The maximum absolute atomic E-state index is 13.7. The van der Waals surface area contributed by atoms with Gasteiger partial charge in [-0.05, 0) is 41.8 Å². The van der Waals surface area contributed by atoms with Gasteiger partial charge in [-0.1, -0.05) is 51.3 Å². The van der Waals surface area contributed by atoms with E-state index in [0.717, 1.165) is 30.6 Å². The molecule has 1 saturated heterocycles. The van der Waals surface area contributed by atoms with Gasteiger partial charge in [0.1, 0.15) is 29.7 Å². The van der Waals surface area contributed by atoms with Crippen molar-refractivity contribution in [3.63, 3.8) is 0 Å². The molecule has 5 amide bonds. The summed E-state index contributed by atoms with van der Waals surface area (Å²) in [6.07, 6.45) is 4.99. The first-order chi connectivity index (χ1) is 23.5. The summed E-state index contributed by atoms with van der Waals surface area (Å²) in [4.78, 5) is 66.9. The molecular weight excluding hydrogens is 630 g/mol. The number of hydrogen-bond acceptors (Lipinski definition) is 8. The summed E-state index contributed by atoms with van der Waals surface area (Å²) in [5.74, 6) is -3.09. The molecule has 2 aliphatic rings. The number of fused-ring (bicyclic) bond motifs is 5. The number of nitrogens with zero attached hydrogens (tertiary/aromatic N) is 1. The van der Waals surface area contributed by atoms with Crippen LogP contribution in [0.3, 0.4) is 0 Å². The second-order valence-corrected chi connectivity index (χ2v) is 12.3. The Kier molecular flexibility index (Phi) is 13.0. The maximum atomic E-state index is 13.7. The van der Waals surface area contributed by atoms with Crippen molar-refractivity contribution >= 4 is 29.5 Å². The number of aromatic hydroxyl groups is 2. The summed E-state index contributed by atoms with van der Waals surface area (Å²) < 4.78 is 5.25. The van der Waals surface area contributed by atoms with Crippen LogP contribution in [0.4, 0.5) is 0 Å². The second-order valence-electron chi connectivity index (χ2n) is 12.3. The van der Waals surface area contributed by atoms with Crippen LogP contribution in [0.1, 0.15) is 62.6 Å². The van der Waals surface area contributed by atoms with Gasteiger partial charge in [-0.2, -0.15) is 0 Å². The topological polar surface area (TPSA) is 190 Å². The predicted molar refractivity (Wildman–Crippen MR) is 181 cm³/mol. The van der Waals surface area contributed by atoms with Gasteiger partial charge in [-0.25, -0.2) is 0 Å². The Labute approximate surface area is 285 Å². The van der Waals surface area contributed by atoms with Crippen molar-refractivity contribution < 1.29 is 38.9 Å². The zero-order valence-corrected chi connectivity index (χ0v) is 28.0. The molecule has 3 atom stereocenters. The summed E-state index contributed by atoms with van der Waals surface area (Å²) in [7, 11) is 1.40. The zero-order valence-electron chi connectivity index (χ0n) is 28.0. The lowest BCUT2D eigenvalue weighted by atomic mass is 9.94. The fourth-order valence-electron chi connectivity index (χ4n) is 5.64. The van der Waals surface area contributed by atoms with Crippen LogP contribution in [0.2, 0.25) is 0 Å². The maximum Gasteiger partial charge on any atom is 0.247 e. The van der Waals surface area contributed by atoms with E-state index in [2.05, 4.69) is 40.5 Å². The number of phenols is 2. The van der Waals surface area contributed by atoms with Crippen molar-refractivity contribution in [1.29, 1.82) is 0 Å². The Morgan fingerprint density at radius 3 is 2.39 bits per heavy atom. The van der Waals surface area contributed by atoms with E-state index in [4.69, 9.17) is 4.74 Å². The van der Waals surface area contributed by atoms with Crippen molar-refractivity contribution in [1.82, 2.24) is 26.2 Å². The minimum atomic E-state index is -1.29. The van der Waals surface area contributed by atoms with E-state index in [-0.39, 0.29) is 66.1 Å². The van der Waals surface area contributed by atoms with Gasteiger partial charge in [0.15, 0.2) is 0 Å². The predicted octanol–water partition coefficient (Wildman–Crippen LogP) is 2.12. The van der Waals surface area contributed by atoms with E-state index in [1.807, 2.05) is 0 Å². The molecule has 262 valence electrons. The van der Waals surface area contributed by atoms with Gasteiger partial charge in [0, 0.05) is 43.1 Å². The van der Waals surface area contributed by atoms with Crippen molar-refractivity contribution in [2.45, 2.75) is 70.1 Å². The molecule has 0 radical (unpaired) electrons. The van der Waals surface area contributed by atoms with Gasteiger partial charge in [-0.3, -0.25) is 24.0 Å². The molecule has 0 aliphatic carbocycles. The van der Waals surface area contributed by atoms with Crippen LogP contribution in [0, 0.1) is 0 Å². The van der Waals surface area contributed by atoms with E-state index in [1.54, 1.807) is 12.1 Å². The van der Waals surface area contributed by atoms with E-state index in [9.17, 15) is 34.2 Å². The molecule has 2 aromatic carbocycles. The smallest absolute Gasteiger partial charge is 0.247 e. The number of carbonyl (C=O) groups is 5. The number of amides is 5. The minimum Gasteiger partial charge on any atom is -0.507 e.